The molecule has 0 radical (unpaired) electrons. The summed E-state index contributed by atoms with van der Waals surface area (Å²) in [5.74, 6) is 1.16. The number of rotatable bonds is 4. The van der Waals surface area contributed by atoms with E-state index in [2.05, 4.69) is 66.7 Å². The van der Waals surface area contributed by atoms with Crippen molar-refractivity contribution >= 4 is 5.97 Å². The largest absolute Gasteiger partial charge is 0.481 e. The highest BCUT2D eigenvalue weighted by Gasteiger charge is 2.72. The monoisotopic (exact) mass is 498 g/mol. The highest BCUT2D eigenvalue weighted by Crippen LogP contribution is 2.75. The second kappa shape index (κ2) is 8.43. The van der Waals surface area contributed by atoms with Crippen LogP contribution < -0.4 is 0 Å². The van der Waals surface area contributed by atoms with Gasteiger partial charge in [0, 0.05) is 12.0 Å². The van der Waals surface area contributed by atoms with Gasteiger partial charge in [-0.1, -0.05) is 65.3 Å². The Kier molecular flexibility index (Phi) is 6.20. The fourth-order valence-corrected chi connectivity index (χ4v) is 10.8. The summed E-state index contributed by atoms with van der Waals surface area (Å²) in [7, 11) is 0. The van der Waals surface area contributed by atoms with Crippen molar-refractivity contribution in [2.24, 2.45) is 56.7 Å². The van der Waals surface area contributed by atoms with Crippen molar-refractivity contribution in [2.45, 2.75) is 99.5 Å². The van der Waals surface area contributed by atoms with Crippen LogP contribution in [0.25, 0.3) is 0 Å². The molecule has 3 saturated carbocycles. The molecule has 0 amide bonds. The highest BCUT2D eigenvalue weighted by atomic mass is 16.5. The van der Waals surface area contributed by atoms with E-state index in [4.69, 9.17) is 4.74 Å². The standard InChI is InChI=1S/C32H50O4/c1-8-36-19-31-16-11-20(2)21(3)26(31)22-9-10-24-29(6)14-13-25(33)28(4,5)23(29)12-15-30(24,7)32(22,18-17-31)27(34)35/h9,11,16,20-21,23-26,33H,8,10,12-15,17-19H2,1-7H3,(H,34,35). The van der Waals surface area contributed by atoms with Crippen molar-refractivity contribution in [1.82, 2.24) is 0 Å². The van der Waals surface area contributed by atoms with Gasteiger partial charge in [0.25, 0.3) is 0 Å². The van der Waals surface area contributed by atoms with Gasteiger partial charge in [-0.3, -0.25) is 4.79 Å². The van der Waals surface area contributed by atoms with Crippen LogP contribution in [0.15, 0.2) is 23.8 Å². The summed E-state index contributed by atoms with van der Waals surface area (Å²) in [4.78, 5) is 13.7. The van der Waals surface area contributed by atoms with Gasteiger partial charge in [-0.25, -0.2) is 0 Å². The Balaban J connectivity index is 1.66. The van der Waals surface area contributed by atoms with Crippen LogP contribution in [-0.2, 0) is 9.53 Å². The summed E-state index contributed by atoms with van der Waals surface area (Å²) in [6, 6.07) is 0. The molecule has 0 aromatic heterocycles. The number of carboxylic acids is 1. The zero-order chi connectivity index (χ0) is 26.3. The van der Waals surface area contributed by atoms with E-state index in [9.17, 15) is 15.0 Å². The number of aliphatic carboxylic acids is 1. The molecule has 0 aromatic carbocycles. The third kappa shape index (κ3) is 3.15. The van der Waals surface area contributed by atoms with Crippen LogP contribution in [0.1, 0.15) is 93.4 Å². The van der Waals surface area contributed by atoms with Gasteiger partial charge >= 0.3 is 5.97 Å². The van der Waals surface area contributed by atoms with E-state index in [1.807, 2.05) is 0 Å². The Morgan fingerprint density at radius 2 is 1.78 bits per heavy atom. The van der Waals surface area contributed by atoms with Crippen molar-refractivity contribution in [3.8, 4) is 0 Å². The number of carboxylic acid groups (broad SMARTS) is 1. The van der Waals surface area contributed by atoms with Crippen LogP contribution in [0.3, 0.4) is 0 Å². The van der Waals surface area contributed by atoms with E-state index in [0.29, 0.717) is 43.3 Å². The van der Waals surface area contributed by atoms with Crippen LogP contribution in [-0.4, -0.2) is 35.5 Å². The van der Waals surface area contributed by atoms with Crippen LogP contribution in [0.5, 0.6) is 0 Å². The number of hydrogen-bond acceptors (Lipinski definition) is 3. The zero-order valence-corrected chi connectivity index (χ0v) is 23.8. The molecule has 0 saturated heterocycles. The Labute approximate surface area is 219 Å². The summed E-state index contributed by atoms with van der Waals surface area (Å²) >= 11 is 0. The maximum absolute atomic E-state index is 13.7. The molecule has 5 aliphatic carbocycles. The van der Waals surface area contributed by atoms with E-state index in [-0.39, 0.29) is 33.7 Å². The fourth-order valence-electron chi connectivity index (χ4n) is 10.8. The van der Waals surface area contributed by atoms with Gasteiger partial charge in [-0.2, -0.15) is 0 Å². The Morgan fingerprint density at radius 3 is 2.44 bits per heavy atom. The molecule has 10 unspecified atom stereocenters. The molecule has 0 spiro atoms. The van der Waals surface area contributed by atoms with Crippen LogP contribution in [0, 0.1) is 56.7 Å². The molecule has 0 aliphatic heterocycles. The van der Waals surface area contributed by atoms with Crippen molar-refractivity contribution in [2.75, 3.05) is 13.2 Å². The fraction of sp³-hybridized carbons (Fsp3) is 0.844. The number of allylic oxidation sites excluding steroid dienone is 2. The first-order valence-electron chi connectivity index (χ1n) is 14.7. The SMILES string of the molecule is CCOCC12C=CC(C)C(C)C1C1=CCC3C4(C)CCC(O)C(C)(C)C4CCC3(C)C1(C(=O)O)CC2. The van der Waals surface area contributed by atoms with Gasteiger partial charge in [-0.05, 0) is 97.7 Å². The molecule has 3 fully saturated rings. The molecule has 5 aliphatic rings. The highest BCUT2D eigenvalue weighted by molar-refractivity contribution is 5.81. The molecule has 4 heteroatoms. The molecule has 10 atom stereocenters. The predicted octanol–water partition coefficient (Wildman–Crippen LogP) is 6.88. The van der Waals surface area contributed by atoms with E-state index in [0.717, 1.165) is 38.5 Å². The van der Waals surface area contributed by atoms with E-state index in [1.165, 1.54) is 5.57 Å². The van der Waals surface area contributed by atoms with E-state index in [1.54, 1.807) is 0 Å². The van der Waals surface area contributed by atoms with Gasteiger partial charge in [0.05, 0.1) is 18.1 Å². The molecule has 36 heavy (non-hydrogen) atoms. The molecule has 0 heterocycles. The van der Waals surface area contributed by atoms with Gasteiger partial charge in [0.2, 0.25) is 0 Å². The van der Waals surface area contributed by atoms with Gasteiger partial charge in [0.15, 0.2) is 0 Å². The Morgan fingerprint density at radius 1 is 1.06 bits per heavy atom. The number of aliphatic hydroxyl groups is 1. The van der Waals surface area contributed by atoms with Gasteiger partial charge < -0.3 is 14.9 Å². The van der Waals surface area contributed by atoms with Crippen LogP contribution in [0.4, 0.5) is 0 Å². The molecule has 5 rings (SSSR count). The minimum Gasteiger partial charge on any atom is -0.481 e. The molecule has 2 N–H and O–H groups in total. The van der Waals surface area contributed by atoms with Crippen molar-refractivity contribution in [1.29, 1.82) is 0 Å². The maximum Gasteiger partial charge on any atom is 0.314 e. The molecule has 4 nitrogen and oxygen atoms in total. The second-order valence-electron chi connectivity index (χ2n) is 14.5. The lowest BCUT2D eigenvalue weighted by Crippen LogP contribution is -2.67. The molecule has 0 aromatic rings. The summed E-state index contributed by atoms with van der Waals surface area (Å²) in [5, 5.41) is 22.2. The Bertz CT molecular complexity index is 965. The Hall–Kier alpha value is -1.13. The zero-order valence-electron chi connectivity index (χ0n) is 23.8. The minimum atomic E-state index is -0.816. The number of fused-ring (bicyclic) bond motifs is 7. The summed E-state index contributed by atoms with van der Waals surface area (Å²) in [6.45, 7) is 17.4. The van der Waals surface area contributed by atoms with Crippen molar-refractivity contribution < 1.29 is 19.7 Å². The first-order valence-corrected chi connectivity index (χ1v) is 14.7. The van der Waals surface area contributed by atoms with Gasteiger partial charge in [0.1, 0.15) is 0 Å². The van der Waals surface area contributed by atoms with E-state index < -0.39 is 11.4 Å². The molecule has 0 bridgehead atoms. The van der Waals surface area contributed by atoms with Gasteiger partial charge in [-0.15, -0.1) is 0 Å². The number of ether oxygens (including phenoxy) is 1. The van der Waals surface area contributed by atoms with Crippen LogP contribution in [0.2, 0.25) is 0 Å². The summed E-state index contributed by atoms with van der Waals surface area (Å²) in [5.41, 5.74) is -0.0654. The third-order valence-corrected chi connectivity index (χ3v) is 13.0. The smallest absolute Gasteiger partial charge is 0.314 e. The third-order valence-electron chi connectivity index (χ3n) is 13.0. The lowest BCUT2D eigenvalue weighted by atomic mass is 9.33. The second-order valence-corrected chi connectivity index (χ2v) is 14.5. The minimum absolute atomic E-state index is 0.0471. The lowest BCUT2D eigenvalue weighted by molar-refractivity contribution is -0.213. The lowest BCUT2D eigenvalue weighted by Gasteiger charge is -2.70. The number of hydrogen-bond donors (Lipinski definition) is 2. The topological polar surface area (TPSA) is 66.8 Å². The van der Waals surface area contributed by atoms with Crippen molar-refractivity contribution in [3.05, 3.63) is 23.8 Å². The number of carbonyl (C=O) groups is 1. The van der Waals surface area contributed by atoms with E-state index >= 15 is 0 Å². The van der Waals surface area contributed by atoms with Crippen molar-refractivity contribution in [3.63, 3.8) is 0 Å². The average Bonchev–Trinajstić information content (AvgIpc) is 2.82. The number of aliphatic hydroxyl groups excluding tert-OH is 1. The normalized spacial score (nSPS) is 51.3. The quantitative estimate of drug-likeness (QED) is 0.415. The summed E-state index contributed by atoms with van der Waals surface area (Å²) < 4.78 is 6.09. The first kappa shape index (κ1) is 26.5. The maximum atomic E-state index is 13.7. The van der Waals surface area contributed by atoms with Crippen LogP contribution >= 0.6 is 0 Å². The predicted molar refractivity (Wildman–Crippen MR) is 143 cm³/mol. The summed E-state index contributed by atoms with van der Waals surface area (Å²) in [6.07, 6.45) is 13.2. The average molecular weight is 499 g/mol. The molecular formula is C32H50O4. The molecule has 202 valence electrons. The first-order chi connectivity index (χ1) is 16.8. The molecular weight excluding hydrogens is 448 g/mol.